The van der Waals surface area contributed by atoms with E-state index in [4.69, 9.17) is 9.98 Å². The number of hydrogen-bond acceptors (Lipinski definition) is 10. The first-order valence-electron chi connectivity index (χ1n) is 17.0. The van der Waals surface area contributed by atoms with Crippen LogP contribution in [0.15, 0.2) is 93.9 Å². The van der Waals surface area contributed by atoms with E-state index in [0.29, 0.717) is 32.3 Å². The van der Waals surface area contributed by atoms with Crippen molar-refractivity contribution >= 4 is 66.8 Å². The van der Waals surface area contributed by atoms with Crippen molar-refractivity contribution < 1.29 is 9.59 Å². The summed E-state index contributed by atoms with van der Waals surface area (Å²) in [7, 11) is 0. The van der Waals surface area contributed by atoms with E-state index >= 15 is 0 Å². The maximum atomic E-state index is 13.6. The zero-order valence-corrected chi connectivity index (χ0v) is 30.9. The molecule has 0 N–H and O–H groups in total. The zero-order valence-electron chi connectivity index (χ0n) is 29.2. The molecule has 0 fully saturated rings. The summed E-state index contributed by atoms with van der Waals surface area (Å²) in [5.41, 5.74) is 8.28. The van der Waals surface area contributed by atoms with Crippen molar-refractivity contribution in [3.63, 3.8) is 0 Å². The minimum atomic E-state index is -0.402. The maximum absolute atomic E-state index is 13.6. The van der Waals surface area contributed by atoms with Crippen molar-refractivity contribution in [3.8, 4) is 45.2 Å². The average molecular weight is 733 g/mol. The minimum Gasteiger partial charge on any atom is -0.287 e. The number of carbonyl (C=O) groups excluding carboxylic acids is 2. The van der Waals surface area contributed by atoms with Crippen LogP contribution in [0.25, 0.3) is 32.0 Å². The first-order valence-corrected chi connectivity index (χ1v) is 18.6. The largest absolute Gasteiger partial charge is 0.287 e. The maximum Gasteiger partial charge on any atom is 0.212 e. The van der Waals surface area contributed by atoms with Crippen LogP contribution in [0, 0.1) is 45.3 Å². The number of aliphatic imine (C=N–C) groups is 2. The molecule has 0 aliphatic heterocycles. The molecule has 2 heterocycles. The molecule has 2 aromatic heterocycles. The third kappa shape index (κ3) is 4.30. The van der Waals surface area contributed by atoms with E-state index in [9.17, 15) is 30.6 Å². The van der Waals surface area contributed by atoms with E-state index in [1.165, 1.54) is 22.7 Å². The number of Topliss-reactive ketones (excluding diaryl/α,β-unsaturated/α-hetero) is 2. The number of nitrogens with zero attached hydrogens (tertiary/aromatic N) is 6. The fourth-order valence-electron chi connectivity index (χ4n) is 8.24. The van der Waals surface area contributed by atoms with Crippen LogP contribution in [0.3, 0.4) is 0 Å². The molecule has 9 rings (SSSR count). The molecular weight excluding hydrogens is 709 g/mol. The first kappa shape index (κ1) is 33.0. The Morgan fingerprint density at radius 3 is 1.22 bits per heavy atom. The number of rotatable bonds is 2. The lowest BCUT2D eigenvalue weighted by molar-refractivity contribution is 0.106. The second-order valence-electron chi connectivity index (χ2n) is 14.5. The fraction of sp³-hybridized carbons (Fsp3) is 0.136. The van der Waals surface area contributed by atoms with Crippen molar-refractivity contribution in [2.45, 2.75) is 38.5 Å². The summed E-state index contributed by atoms with van der Waals surface area (Å²) in [4.78, 5) is 38.9. The van der Waals surface area contributed by atoms with Crippen LogP contribution in [0.1, 0.15) is 81.8 Å². The lowest BCUT2D eigenvalue weighted by Crippen LogP contribution is -2.16. The van der Waals surface area contributed by atoms with E-state index in [0.717, 1.165) is 43.1 Å². The SMILES string of the molecule is CC1(C)c2cc3c(cc2-c2sc(/N=C4\C(=O)c5ccccc5C4=C(C#N)C#N)cc21)C(C)(C)c1cc(/N=C2\C(=O)c4ccccc4C2=C(C#N)C#N)sc1-3. The summed E-state index contributed by atoms with van der Waals surface area (Å²) in [6.45, 7) is 8.69. The second-order valence-corrected chi connectivity index (χ2v) is 16.5. The predicted octanol–water partition coefficient (Wildman–Crippen LogP) is 9.96. The monoisotopic (exact) mass is 732 g/mol. The summed E-state index contributed by atoms with van der Waals surface area (Å²) >= 11 is 2.98. The lowest BCUT2D eigenvalue weighted by atomic mass is 9.79. The fourth-order valence-corrected chi connectivity index (χ4v) is 10.7. The van der Waals surface area contributed by atoms with Crippen molar-refractivity contribution in [1.82, 2.24) is 0 Å². The number of thiophene rings is 2. The lowest BCUT2D eigenvalue weighted by Gasteiger charge is -2.24. The quantitative estimate of drug-likeness (QED) is 0.165. The van der Waals surface area contributed by atoms with Crippen LogP contribution in [-0.4, -0.2) is 23.0 Å². The van der Waals surface area contributed by atoms with E-state index in [2.05, 4.69) is 39.8 Å². The highest BCUT2D eigenvalue weighted by atomic mass is 32.1. The average Bonchev–Trinajstić information content (AvgIpc) is 3.98. The van der Waals surface area contributed by atoms with Crippen LogP contribution < -0.4 is 0 Å². The van der Waals surface area contributed by atoms with Crippen LogP contribution >= 0.6 is 22.7 Å². The Labute approximate surface area is 318 Å². The standard InChI is InChI=1S/C44H24N6O2S2/c1-43(2)29-13-28-30(14-27(29)41-31(43)15-33(53-41)49-37-35(21(17-45)18-46)23-9-5-7-11-25(23)39(37)51)44(3,4)32-16-34(54-42(28)32)50-38-36(22(19-47)20-48)24-10-6-8-12-26(24)40(38)52/h5-16H,1-4H3/b49-37-,50-38-. The molecule has 0 radical (unpaired) electrons. The molecule has 8 nitrogen and oxygen atoms in total. The van der Waals surface area contributed by atoms with Crippen molar-refractivity contribution in [3.05, 3.63) is 128 Å². The van der Waals surface area contributed by atoms with E-state index in [-0.39, 0.29) is 45.3 Å². The number of carbonyl (C=O) groups is 2. The number of benzene rings is 3. The number of hydrogen-bond donors (Lipinski definition) is 0. The van der Waals surface area contributed by atoms with Crippen LogP contribution in [0.5, 0.6) is 0 Å². The van der Waals surface area contributed by atoms with Gasteiger partial charge >= 0.3 is 0 Å². The number of ketones is 2. The van der Waals surface area contributed by atoms with E-state index in [1.807, 2.05) is 36.4 Å². The molecular formula is C44H24N6O2S2. The van der Waals surface area contributed by atoms with Crippen LogP contribution in [0.2, 0.25) is 0 Å². The topological polar surface area (TPSA) is 154 Å². The molecule has 0 saturated carbocycles. The summed E-state index contributed by atoms with van der Waals surface area (Å²) < 4.78 is 0. The van der Waals surface area contributed by atoms with Gasteiger partial charge in [-0.2, -0.15) is 21.0 Å². The first-order chi connectivity index (χ1) is 25.9. The van der Waals surface area contributed by atoms with Gasteiger partial charge in [0.1, 0.15) is 56.8 Å². The number of fused-ring (bicyclic) bond motifs is 8. The summed E-state index contributed by atoms with van der Waals surface area (Å²) in [6.07, 6.45) is 0. The van der Waals surface area contributed by atoms with Crippen molar-refractivity contribution in [2.75, 3.05) is 0 Å². The highest BCUT2D eigenvalue weighted by molar-refractivity contribution is 7.20. The van der Waals surface area contributed by atoms with Gasteiger partial charge in [-0.1, -0.05) is 76.2 Å². The molecule has 0 unspecified atom stereocenters. The molecule has 0 atom stereocenters. The third-order valence-corrected chi connectivity index (χ3v) is 13.1. The summed E-state index contributed by atoms with van der Waals surface area (Å²) in [5, 5.41) is 40.3. The summed E-state index contributed by atoms with van der Waals surface area (Å²) in [6, 6.07) is 30.3. The molecule has 4 aliphatic carbocycles. The summed E-state index contributed by atoms with van der Waals surface area (Å²) in [5.74, 6) is -0.617. The second kappa shape index (κ2) is 11.3. The Bertz CT molecular complexity index is 2740. The number of allylic oxidation sites excluding steroid dienone is 4. The highest BCUT2D eigenvalue weighted by Crippen LogP contribution is 2.60. The molecule has 5 aromatic rings. The van der Waals surface area contributed by atoms with Gasteiger partial charge < -0.3 is 0 Å². The Kier molecular flexibility index (Phi) is 6.94. The van der Waals surface area contributed by atoms with Gasteiger partial charge in [-0.3, -0.25) is 9.59 Å². The third-order valence-electron chi connectivity index (χ3n) is 11.0. The molecule has 0 bridgehead atoms. The van der Waals surface area contributed by atoms with Gasteiger partial charge in [0.2, 0.25) is 11.6 Å². The van der Waals surface area contributed by atoms with Gasteiger partial charge in [0.05, 0.1) is 0 Å². The predicted molar refractivity (Wildman–Crippen MR) is 209 cm³/mol. The van der Waals surface area contributed by atoms with E-state index < -0.39 is 10.8 Å². The van der Waals surface area contributed by atoms with Gasteiger partial charge in [-0.15, -0.1) is 22.7 Å². The molecule has 0 amide bonds. The molecule has 0 saturated heterocycles. The minimum absolute atomic E-state index is 0.105. The van der Waals surface area contributed by atoms with Gasteiger partial charge in [0.25, 0.3) is 0 Å². The highest BCUT2D eigenvalue weighted by Gasteiger charge is 2.44. The molecule has 10 heteroatoms. The molecule has 3 aromatic carbocycles. The van der Waals surface area contributed by atoms with Crippen LogP contribution in [-0.2, 0) is 10.8 Å². The Hall–Kier alpha value is -6.82. The smallest absolute Gasteiger partial charge is 0.212 e. The molecule has 0 spiro atoms. The zero-order chi connectivity index (χ0) is 37.8. The number of nitriles is 4. The Morgan fingerprint density at radius 1 is 0.519 bits per heavy atom. The van der Waals surface area contributed by atoms with Gasteiger partial charge in [-0.05, 0) is 68.8 Å². The van der Waals surface area contributed by atoms with Crippen molar-refractivity contribution in [1.29, 1.82) is 21.0 Å². The Balaban J connectivity index is 1.14. The Morgan fingerprint density at radius 2 is 0.870 bits per heavy atom. The van der Waals surface area contributed by atoms with Crippen LogP contribution in [0.4, 0.5) is 10.0 Å². The normalized spacial score (nSPS) is 17.6. The van der Waals surface area contributed by atoms with Gasteiger partial charge in [0, 0.05) is 42.9 Å². The van der Waals surface area contributed by atoms with Gasteiger partial charge in [-0.25, -0.2) is 9.98 Å². The molecule has 4 aliphatic rings. The van der Waals surface area contributed by atoms with E-state index in [1.54, 1.807) is 48.5 Å². The molecule has 54 heavy (non-hydrogen) atoms. The van der Waals surface area contributed by atoms with Gasteiger partial charge in [0.15, 0.2) is 0 Å². The van der Waals surface area contributed by atoms with Crippen molar-refractivity contribution in [2.24, 2.45) is 9.98 Å². The molecule has 254 valence electrons.